The Hall–Kier alpha value is -2.60. The van der Waals surface area contributed by atoms with Crippen molar-refractivity contribution in [3.63, 3.8) is 0 Å². The molecule has 1 aromatic heterocycles. The van der Waals surface area contributed by atoms with Crippen molar-refractivity contribution in [3.8, 4) is 12.3 Å². The van der Waals surface area contributed by atoms with Crippen molar-refractivity contribution in [1.82, 2.24) is 10.5 Å². The summed E-state index contributed by atoms with van der Waals surface area (Å²) in [4.78, 5) is 28.7. The molecule has 0 atom stereocenters. The molecule has 3 N–H and O–H groups in total. The van der Waals surface area contributed by atoms with Crippen molar-refractivity contribution < 1.29 is 14.8 Å². The van der Waals surface area contributed by atoms with E-state index in [-0.39, 0.29) is 12.3 Å². The quantitative estimate of drug-likeness (QED) is 0.323. The van der Waals surface area contributed by atoms with Gasteiger partial charge in [0.25, 0.3) is 0 Å². The fourth-order valence-electron chi connectivity index (χ4n) is 2.25. The number of hydrogen-bond donors (Lipinski definition) is 3. The molecule has 0 saturated carbocycles. The summed E-state index contributed by atoms with van der Waals surface area (Å²) in [7, 11) is 0. The number of thioether (sulfide) groups is 1. The topological polar surface area (TPSA) is 91.3 Å². The lowest BCUT2D eigenvalue weighted by Crippen LogP contribution is -2.18. The molecule has 1 heterocycles. The number of hydrogen-bond acceptors (Lipinski definition) is 6. The highest BCUT2D eigenvalue weighted by Crippen LogP contribution is 2.27. The summed E-state index contributed by atoms with van der Waals surface area (Å²) >= 11 is 2.78. The van der Waals surface area contributed by atoms with Gasteiger partial charge in [-0.25, -0.2) is 10.5 Å². The first kappa shape index (κ1) is 21.7. The number of aromatic nitrogens is 1. The van der Waals surface area contributed by atoms with Gasteiger partial charge in [0.1, 0.15) is 0 Å². The van der Waals surface area contributed by atoms with E-state index < -0.39 is 5.91 Å². The molecule has 0 saturated heterocycles. The van der Waals surface area contributed by atoms with E-state index in [4.69, 9.17) is 11.6 Å². The lowest BCUT2D eigenvalue weighted by atomic mass is 10.1. The number of hydroxylamine groups is 1. The maximum absolute atomic E-state index is 12.2. The molecule has 0 aliphatic heterocycles. The Morgan fingerprint density at radius 2 is 2.25 bits per heavy atom. The van der Waals surface area contributed by atoms with Crippen LogP contribution in [0.5, 0.6) is 0 Å². The van der Waals surface area contributed by atoms with Crippen LogP contribution in [-0.4, -0.2) is 22.0 Å². The van der Waals surface area contributed by atoms with E-state index in [1.54, 1.807) is 11.6 Å². The molecule has 1 aromatic rings. The Morgan fingerprint density at radius 3 is 3.04 bits per heavy atom. The zero-order chi connectivity index (χ0) is 20.2. The molecular weight excluding hydrogens is 394 g/mol. The van der Waals surface area contributed by atoms with Gasteiger partial charge >= 0.3 is 0 Å². The van der Waals surface area contributed by atoms with Crippen molar-refractivity contribution in [2.24, 2.45) is 0 Å². The molecule has 146 valence electrons. The molecular formula is C20H21N3O3S2. The Kier molecular flexibility index (Phi) is 9.28. The molecule has 2 amide bonds. The van der Waals surface area contributed by atoms with Crippen LogP contribution in [0.2, 0.25) is 0 Å². The maximum atomic E-state index is 12.2. The SMILES string of the molecule is C#CC/C=C(/CC(=O)NO)SCc1csc(NC(=O)CC2=CCC=CC=C2)n1. The van der Waals surface area contributed by atoms with E-state index in [1.807, 2.05) is 35.8 Å². The average Bonchev–Trinajstić information content (AvgIpc) is 2.96. The second-order valence-electron chi connectivity index (χ2n) is 5.75. The summed E-state index contributed by atoms with van der Waals surface area (Å²) in [6.07, 6.45) is 18.5. The lowest BCUT2D eigenvalue weighted by molar-refractivity contribution is -0.128. The van der Waals surface area contributed by atoms with E-state index >= 15 is 0 Å². The standard InChI is InChI=1S/C20H21N3O3S2/c1-2-3-10-17(12-19(25)23-26)27-13-16-14-28-20(21-16)22-18(24)11-15-8-6-4-5-7-9-15/h1,4-6,8-10,14,26H,3,7,11-13H2,(H,23,25)(H,21,22,24)/b17-10-. The molecule has 1 aliphatic rings. The smallest absolute Gasteiger partial charge is 0.248 e. The fraction of sp³-hybridized carbons (Fsp3) is 0.250. The molecule has 0 radical (unpaired) electrons. The number of carbonyl (C=O) groups excluding carboxylic acids is 2. The number of rotatable bonds is 9. The number of terminal acetylenes is 1. The monoisotopic (exact) mass is 415 g/mol. The van der Waals surface area contributed by atoms with Crippen LogP contribution < -0.4 is 10.8 Å². The second-order valence-corrected chi connectivity index (χ2v) is 7.71. The minimum absolute atomic E-state index is 0.0497. The summed E-state index contributed by atoms with van der Waals surface area (Å²) in [5.74, 6) is 2.41. The van der Waals surface area contributed by atoms with Gasteiger partial charge in [-0.1, -0.05) is 36.5 Å². The molecule has 1 aliphatic carbocycles. The predicted octanol–water partition coefficient (Wildman–Crippen LogP) is 3.95. The first-order chi connectivity index (χ1) is 13.6. The predicted molar refractivity (Wildman–Crippen MR) is 114 cm³/mol. The minimum Gasteiger partial charge on any atom is -0.302 e. The van der Waals surface area contributed by atoms with Crippen LogP contribution in [0.25, 0.3) is 0 Å². The highest BCUT2D eigenvalue weighted by molar-refractivity contribution is 8.02. The fourth-order valence-corrected chi connectivity index (χ4v) is 4.00. The Balaban J connectivity index is 1.87. The molecule has 2 rings (SSSR count). The zero-order valence-electron chi connectivity index (χ0n) is 15.2. The van der Waals surface area contributed by atoms with Crippen LogP contribution >= 0.6 is 23.1 Å². The third-order valence-corrected chi connectivity index (χ3v) is 5.48. The third kappa shape index (κ3) is 7.96. The molecule has 0 bridgehead atoms. The Labute approximate surface area is 172 Å². The van der Waals surface area contributed by atoms with Crippen molar-refractivity contribution in [1.29, 1.82) is 0 Å². The van der Waals surface area contributed by atoms with Crippen LogP contribution in [0, 0.1) is 12.3 Å². The van der Waals surface area contributed by atoms with Crippen molar-refractivity contribution in [2.75, 3.05) is 5.32 Å². The summed E-state index contributed by atoms with van der Waals surface area (Å²) in [6.45, 7) is 0. The summed E-state index contributed by atoms with van der Waals surface area (Å²) < 4.78 is 0. The highest BCUT2D eigenvalue weighted by atomic mass is 32.2. The summed E-state index contributed by atoms with van der Waals surface area (Å²) in [6, 6.07) is 0. The van der Waals surface area contributed by atoms with Gasteiger partial charge in [-0.15, -0.1) is 35.4 Å². The molecule has 28 heavy (non-hydrogen) atoms. The third-order valence-electron chi connectivity index (χ3n) is 3.55. The van der Waals surface area contributed by atoms with Crippen molar-refractivity contribution in [2.45, 2.75) is 31.4 Å². The first-order valence-electron chi connectivity index (χ1n) is 8.55. The Bertz CT molecular complexity index is 860. The zero-order valence-corrected chi connectivity index (χ0v) is 16.8. The van der Waals surface area contributed by atoms with Crippen LogP contribution in [-0.2, 0) is 15.3 Å². The first-order valence-corrected chi connectivity index (χ1v) is 10.4. The van der Waals surface area contributed by atoms with E-state index in [0.29, 0.717) is 23.7 Å². The van der Waals surface area contributed by atoms with Crippen LogP contribution in [0.15, 0.2) is 52.3 Å². The second kappa shape index (κ2) is 12.0. The van der Waals surface area contributed by atoms with Gasteiger partial charge in [-0.3, -0.25) is 14.8 Å². The lowest BCUT2D eigenvalue weighted by Gasteiger charge is -2.05. The van der Waals surface area contributed by atoms with Crippen LogP contribution in [0.4, 0.5) is 5.13 Å². The average molecular weight is 416 g/mol. The molecule has 6 nitrogen and oxygen atoms in total. The summed E-state index contributed by atoms with van der Waals surface area (Å²) in [5, 5.41) is 13.9. The van der Waals surface area contributed by atoms with Gasteiger partial charge < -0.3 is 5.32 Å². The van der Waals surface area contributed by atoms with Gasteiger partial charge in [0.2, 0.25) is 11.8 Å². The van der Waals surface area contributed by atoms with E-state index in [0.717, 1.165) is 22.6 Å². The number of allylic oxidation sites excluding steroid dienone is 6. The van der Waals surface area contributed by atoms with Crippen LogP contribution in [0.3, 0.4) is 0 Å². The molecule has 0 unspecified atom stereocenters. The van der Waals surface area contributed by atoms with E-state index in [9.17, 15) is 9.59 Å². The van der Waals surface area contributed by atoms with Gasteiger partial charge in [0.15, 0.2) is 5.13 Å². The van der Waals surface area contributed by atoms with Gasteiger partial charge in [0, 0.05) is 17.6 Å². The van der Waals surface area contributed by atoms with E-state index in [2.05, 4.69) is 16.2 Å². The number of thiazole rings is 1. The highest BCUT2D eigenvalue weighted by Gasteiger charge is 2.10. The van der Waals surface area contributed by atoms with Gasteiger partial charge in [-0.05, 0) is 16.9 Å². The number of carbonyl (C=O) groups is 2. The normalized spacial score (nSPS) is 13.4. The minimum atomic E-state index is -0.501. The van der Waals surface area contributed by atoms with Crippen LogP contribution in [0.1, 0.15) is 31.4 Å². The molecule has 8 heteroatoms. The number of nitrogens with one attached hydrogen (secondary N) is 2. The number of anilines is 1. The molecule has 0 fully saturated rings. The number of nitrogens with zero attached hydrogens (tertiary/aromatic N) is 1. The molecule has 0 spiro atoms. The Morgan fingerprint density at radius 1 is 1.39 bits per heavy atom. The van der Waals surface area contributed by atoms with Crippen molar-refractivity contribution >= 4 is 40.0 Å². The number of amides is 2. The molecule has 0 aromatic carbocycles. The maximum Gasteiger partial charge on any atom is 0.248 e. The summed E-state index contributed by atoms with van der Waals surface area (Å²) in [5.41, 5.74) is 3.38. The largest absolute Gasteiger partial charge is 0.302 e. The van der Waals surface area contributed by atoms with Gasteiger partial charge in [-0.2, -0.15) is 0 Å². The van der Waals surface area contributed by atoms with E-state index in [1.165, 1.54) is 23.1 Å². The van der Waals surface area contributed by atoms with Gasteiger partial charge in [0.05, 0.1) is 18.5 Å². The van der Waals surface area contributed by atoms with Crippen molar-refractivity contribution in [3.05, 3.63) is 58.0 Å².